The highest BCUT2D eigenvalue weighted by Crippen LogP contribution is 2.73. The van der Waals surface area contributed by atoms with Gasteiger partial charge >= 0.3 is 5.97 Å². The molecule has 2 saturated carbocycles. The van der Waals surface area contributed by atoms with E-state index in [1.165, 1.54) is 0 Å². The molecule has 0 radical (unpaired) electrons. The van der Waals surface area contributed by atoms with E-state index < -0.39 is 23.2 Å². The number of esters is 1. The van der Waals surface area contributed by atoms with Gasteiger partial charge in [0.05, 0.1) is 17.5 Å². The first-order valence-corrected chi connectivity index (χ1v) is 7.18. The summed E-state index contributed by atoms with van der Waals surface area (Å²) >= 11 is 0. The van der Waals surface area contributed by atoms with Gasteiger partial charge in [0.2, 0.25) is 0 Å². The van der Waals surface area contributed by atoms with Gasteiger partial charge in [0.15, 0.2) is 6.10 Å². The van der Waals surface area contributed by atoms with Gasteiger partial charge in [-0.2, -0.15) is 0 Å². The van der Waals surface area contributed by atoms with Gasteiger partial charge in [-0.15, -0.1) is 0 Å². The molecule has 0 amide bonds. The van der Waals surface area contributed by atoms with E-state index >= 15 is 0 Å². The Morgan fingerprint density at radius 3 is 2.95 bits per heavy atom. The minimum atomic E-state index is -2.69. The van der Waals surface area contributed by atoms with E-state index in [0.29, 0.717) is 19.3 Å². The average Bonchev–Trinajstić information content (AvgIpc) is 2.71. The Bertz CT molecular complexity index is 452. The molecule has 112 valence electrons. The molecule has 1 heterocycles. The highest BCUT2D eigenvalue weighted by atomic mass is 19.3. The smallest absolute Gasteiger partial charge is 0.306 e. The molecule has 3 aliphatic rings. The Morgan fingerprint density at radius 2 is 2.30 bits per heavy atom. The molecule has 0 aromatic heterocycles. The van der Waals surface area contributed by atoms with Crippen LogP contribution in [0.5, 0.6) is 0 Å². The third-order valence-electron chi connectivity index (χ3n) is 4.82. The monoisotopic (exact) mass is 287 g/mol. The van der Waals surface area contributed by atoms with Crippen LogP contribution in [-0.4, -0.2) is 30.3 Å². The molecular weight excluding hydrogens is 268 g/mol. The number of oxime groups is 1. The van der Waals surface area contributed by atoms with E-state index in [0.717, 1.165) is 18.6 Å². The highest BCUT2D eigenvalue weighted by Gasteiger charge is 2.80. The fourth-order valence-corrected chi connectivity index (χ4v) is 3.66. The van der Waals surface area contributed by atoms with E-state index in [1.807, 2.05) is 6.92 Å². The lowest BCUT2D eigenvalue weighted by Gasteiger charge is -2.19. The van der Waals surface area contributed by atoms with Crippen molar-refractivity contribution in [1.82, 2.24) is 0 Å². The van der Waals surface area contributed by atoms with Crippen molar-refractivity contribution in [1.29, 1.82) is 0 Å². The summed E-state index contributed by atoms with van der Waals surface area (Å²) in [7, 11) is 0. The lowest BCUT2D eigenvalue weighted by Crippen LogP contribution is -2.23. The number of carbonyl (C=O) groups excluding carboxylic acids is 1. The zero-order chi connectivity index (χ0) is 14.4. The number of hydrogen-bond donors (Lipinski definition) is 0. The van der Waals surface area contributed by atoms with Crippen LogP contribution in [0.3, 0.4) is 0 Å². The molecule has 4 nitrogen and oxygen atoms in total. The van der Waals surface area contributed by atoms with Crippen LogP contribution in [0.1, 0.15) is 45.4 Å². The number of hydrogen-bond acceptors (Lipinski definition) is 4. The van der Waals surface area contributed by atoms with Gasteiger partial charge in [0.25, 0.3) is 5.92 Å². The molecule has 0 spiro atoms. The largest absolute Gasteiger partial charge is 0.462 e. The van der Waals surface area contributed by atoms with E-state index in [9.17, 15) is 13.6 Å². The van der Waals surface area contributed by atoms with Crippen molar-refractivity contribution in [2.24, 2.45) is 16.5 Å². The summed E-state index contributed by atoms with van der Waals surface area (Å²) in [5.41, 5.74) is -0.267. The van der Waals surface area contributed by atoms with Gasteiger partial charge in [-0.25, -0.2) is 8.78 Å². The number of fused-ring (bicyclic) bond motifs is 1. The van der Waals surface area contributed by atoms with Gasteiger partial charge in [-0.1, -0.05) is 18.0 Å². The Hall–Kier alpha value is -1.20. The van der Waals surface area contributed by atoms with Gasteiger partial charge < -0.3 is 9.57 Å². The first-order chi connectivity index (χ1) is 9.46. The van der Waals surface area contributed by atoms with Gasteiger partial charge in [-0.05, 0) is 19.8 Å². The standard InChI is InChI=1S/C14H19F2NO3/c1-9-6-10(20-17-9)8-19-12(18)7-13-5-3-2-4-11(13)14(13,15)16/h10-11H,2-8H2,1H3. The molecule has 1 aliphatic heterocycles. The third kappa shape index (κ3) is 2.09. The maximum absolute atomic E-state index is 13.9. The maximum Gasteiger partial charge on any atom is 0.306 e. The average molecular weight is 287 g/mol. The second kappa shape index (κ2) is 4.67. The Labute approximate surface area is 116 Å². The highest BCUT2D eigenvalue weighted by molar-refractivity contribution is 5.82. The van der Waals surface area contributed by atoms with Crippen LogP contribution in [0.4, 0.5) is 8.78 Å². The summed E-state index contributed by atoms with van der Waals surface area (Å²) in [6.45, 7) is 1.92. The summed E-state index contributed by atoms with van der Waals surface area (Å²) in [4.78, 5) is 16.9. The van der Waals surface area contributed by atoms with Gasteiger partial charge in [-0.3, -0.25) is 4.79 Å². The number of carbonyl (C=O) groups is 1. The molecule has 20 heavy (non-hydrogen) atoms. The van der Waals surface area contributed by atoms with Crippen molar-refractivity contribution in [2.45, 2.75) is 57.5 Å². The third-order valence-corrected chi connectivity index (χ3v) is 4.82. The predicted molar refractivity (Wildman–Crippen MR) is 67.5 cm³/mol. The second-order valence-corrected chi connectivity index (χ2v) is 6.20. The summed E-state index contributed by atoms with van der Waals surface area (Å²) in [5, 5.41) is 3.76. The lowest BCUT2D eigenvalue weighted by molar-refractivity contribution is -0.150. The van der Waals surface area contributed by atoms with Crippen molar-refractivity contribution in [2.75, 3.05) is 6.61 Å². The molecule has 0 N–H and O–H groups in total. The second-order valence-electron chi connectivity index (χ2n) is 6.20. The molecule has 0 saturated heterocycles. The summed E-state index contributed by atoms with van der Waals surface area (Å²) in [6.07, 6.45) is 2.76. The van der Waals surface area contributed by atoms with Crippen molar-refractivity contribution in [3.8, 4) is 0 Å². The maximum atomic E-state index is 13.9. The normalized spacial score (nSPS) is 37.6. The number of rotatable bonds is 4. The van der Waals surface area contributed by atoms with Gasteiger partial charge in [0.1, 0.15) is 6.61 Å². The zero-order valence-electron chi connectivity index (χ0n) is 11.5. The lowest BCUT2D eigenvalue weighted by atomic mass is 9.86. The van der Waals surface area contributed by atoms with Crippen LogP contribution >= 0.6 is 0 Å². The summed E-state index contributed by atoms with van der Waals surface area (Å²) < 4.78 is 32.8. The number of alkyl halides is 2. The molecule has 0 aromatic rings. The van der Waals surface area contributed by atoms with Crippen LogP contribution in [0.15, 0.2) is 5.16 Å². The summed E-state index contributed by atoms with van der Waals surface area (Å²) in [5.74, 6) is -3.85. The molecule has 3 atom stereocenters. The predicted octanol–water partition coefficient (Wildman–Crippen LogP) is 2.91. The van der Waals surface area contributed by atoms with E-state index in [1.54, 1.807) is 0 Å². The van der Waals surface area contributed by atoms with Crippen molar-refractivity contribution in [3.05, 3.63) is 0 Å². The first-order valence-electron chi connectivity index (χ1n) is 7.18. The zero-order valence-corrected chi connectivity index (χ0v) is 11.5. The van der Waals surface area contributed by atoms with Crippen molar-refractivity contribution >= 4 is 11.7 Å². The van der Waals surface area contributed by atoms with Crippen molar-refractivity contribution < 1.29 is 23.1 Å². The van der Waals surface area contributed by atoms with Crippen LogP contribution in [0.2, 0.25) is 0 Å². The number of halogens is 2. The molecule has 3 unspecified atom stereocenters. The Kier molecular flexibility index (Phi) is 3.21. The molecule has 0 aromatic carbocycles. The molecule has 2 aliphatic carbocycles. The summed E-state index contributed by atoms with van der Waals surface area (Å²) in [6, 6.07) is 0. The SMILES string of the molecule is CC1=NOC(COC(=O)CC23CCCCC2C3(F)F)C1. The van der Waals surface area contributed by atoms with E-state index in [4.69, 9.17) is 9.57 Å². The van der Waals surface area contributed by atoms with Gasteiger partial charge in [0, 0.05) is 12.3 Å². The minimum Gasteiger partial charge on any atom is -0.462 e. The quantitative estimate of drug-likeness (QED) is 0.747. The van der Waals surface area contributed by atoms with E-state index in [2.05, 4.69) is 5.16 Å². The Morgan fingerprint density at radius 1 is 1.50 bits per heavy atom. The van der Waals surface area contributed by atoms with Crippen LogP contribution < -0.4 is 0 Å². The van der Waals surface area contributed by atoms with Crippen LogP contribution in [-0.2, 0) is 14.4 Å². The topological polar surface area (TPSA) is 47.9 Å². The number of ether oxygens (including phenoxy) is 1. The van der Waals surface area contributed by atoms with E-state index in [-0.39, 0.29) is 19.1 Å². The Balaban J connectivity index is 1.50. The van der Waals surface area contributed by atoms with Crippen LogP contribution in [0.25, 0.3) is 0 Å². The molecule has 2 fully saturated rings. The van der Waals surface area contributed by atoms with Crippen molar-refractivity contribution in [3.63, 3.8) is 0 Å². The van der Waals surface area contributed by atoms with Crippen LogP contribution in [0, 0.1) is 11.3 Å². The molecule has 6 heteroatoms. The first kappa shape index (κ1) is 13.8. The molecule has 3 rings (SSSR count). The minimum absolute atomic E-state index is 0.0893. The molecule has 0 bridgehead atoms. The fourth-order valence-electron chi connectivity index (χ4n) is 3.66. The fraction of sp³-hybridized carbons (Fsp3) is 0.857. The molecular formula is C14H19F2NO3. The number of nitrogens with zero attached hydrogens (tertiary/aromatic N) is 1.